The van der Waals surface area contributed by atoms with Crippen molar-refractivity contribution in [2.45, 2.75) is 12.2 Å². The molecule has 2 amide bonds. The molecular weight excluding hydrogens is 456 g/mol. The van der Waals surface area contributed by atoms with Crippen molar-refractivity contribution in [3.63, 3.8) is 0 Å². The normalized spacial score (nSPS) is 14.3. The van der Waals surface area contributed by atoms with E-state index >= 15 is 0 Å². The van der Waals surface area contributed by atoms with Crippen LogP contribution in [-0.2, 0) is 10.1 Å². The molecule has 0 N–H and O–H groups in total. The van der Waals surface area contributed by atoms with Gasteiger partial charge in [0, 0.05) is 0 Å². The van der Waals surface area contributed by atoms with Crippen molar-refractivity contribution in [2.24, 2.45) is 0 Å². The van der Waals surface area contributed by atoms with E-state index < -0.39 is 43.7 Å². The smallest absolute Gasteiger partial charge is 0.328 e. The number of hydrogen-bond donors (Lipinski definition) is 0. The topological polar surface area (TPSA) is 124 Å². The number of carbonyl (C=O) groups is 2. The maximum absolute atomic E-state index is 13.2. The quantitative estimate of drug-likeness (QED) is 0.222. The van der Waals surface area contributed by atoms with Gasteiger partial charge in [0.1, 0.15) is 11.0 Å². The van der Waals surface area contributed by atoms with E-state index in [1.165, 1.54) is 35.7 Å². The lowest BCUT2D eigenvalue weighted by molar-refractivity contribution is -0.380. The highest BCUT2D eigenvalue weighted by atomic mass is 32.2. The Labute approximate surface area is 187 Å². The maximum atomic E-state index is 13.2. The number of nitrogens with zero attached hydrogens (tertiary/aromatic N) is 2. The summed E-state index contributed by atoms with van der Waals surface area (Å²) in [6, 6.07) is 13.6. The van der Waals surface area contributed by atoms with Gasteiger partial charge in [-0.3, -0.25) is 24.6 Å². The molecule has 2 aromatic carbocycles. The van der Waals surface area contributed by atoms with Crippen molar-refractivity contribution in [3.05, 3.63) is 92.3 Å². The number of imide groups is 1. The van der Waals surface area contributed by atoms with Gasteiger partial charge in [0.2, 0.25) is 0 Å². The molecule has 9 nitrogen and oxygen atoms in total. The number of nitro groups is 1. The van der Waals surface area contributed by atoms with Gasteiger partial charge in [-0.25, -0.2) is 0 Å². The fourth-order valence-electron chi connectivity index (χ4n) is 3.41. The molecule has 1 unspecified atom stereocenters. The molecule has 11 heteroatoms. The first-order valence-electron chi connectivity index (χ1n) is 9.36. The molecule has 0 saturated carbocycles. The molecule has 164 valence electrons. The van der Waals surface area contributed by atoms with Gasteiger partial charge < -0.3 is 4.18 Å². The molecule has 1 atom stereocenters. The van der Waals surface area contributed by atoms with E-state index in [0.717, 1.165) is 21.8 Å². The molecule has 2 heterocycles. The first-order chi connectivity index (χ1) is 15.2. The summed E-state index contributed by atoms with van der Waals surface area (Å²) in [5, 5.41) is 10.8. The third kappa shape index (κ3) is 3.87. The minimum absolute atomic E-state index is 0.0147. The van der Waals surface area contributed by atoms with Crippen molar-refractivity contribution >= 4 is 38.3 Å². The monoisotopic (exact) mass is 472 g/mol. The van der Waals surface area contributed by atoms with Crippen LogP contribution in [0.25, 0.3) is 0 Å². The van der Waals surface area contributed by atoms with E-state index in [9.17, 15) is 28.1 Å². The summed E-state index contributed by atoms with van der Waals surface area (Å²) in [7, 11) is -4.53. The third-order valence-corrected chi connectivity index (χ3v) is 7.40. The lowest BCUT2D eigenvalue weighted by Crippen LogP contribution is -2.37. The Kier molecular flexibility index (Phi) is 5.53. The molecule has 0 saturated heterocycles. The Morgan fingerprint density at radius 3 is 2.19 bits per heavy atom. The van der Waals surface area contributed by atoms with Crippen LogP contribution in [0.3, 0.4) is 0 Å². The minimum atomic E-state index is -4.53. The summed E-state index contributed by atoms with van der Waals surface area (Å²) in [5.41, 5.74) is 1.02. The molecule has 32 heavy (non-hydrogen) atoms. The second-order valence-electron chi connectivity index (χ2n) is 7.08. The van der Waals surface area contributed by atoms with Crippen LogP contribution < -0.4 is 4.18 Å². The predicted molar refractivity (Wildman–Crippen MR) is 116 cm³/mol. The highest BCUT2D eigenvalue weighted by Gasteiger charge is 2.43. The number of fused-ring (bicyclic) bond motifs is 1. The van der Waals surface area contributed by atoms with E-state index in [-0.39, 0.29) is 22.4 Å². The molecule has 0 aliphatic carbocycles. The predicted octanol–water partition coefficient (Wildman–Crippen LogP) is 3.71. The molecule has 0 bridgehead atoms. The summed E-state index contributed by atoms with van der Waals surface area (Å²) in [5.74, 6) is -1.32. The number of hydrogen-bond acceptors (Lipinski definition) is 8. The van der Waals surface area contributed by atoms with Crippen LogP contribution in [0.15, 0.2) is 60.0 Å². The maximum Gasteiger partial charge on any atom is 0.328 e. The number of aryl methyl sites for hydroxylation is 1. The van der Waals surface area contributed by atoms with Crippen LogP contribution in [0.5, 0.6) is 5.75 Å². The van der Waals surface area contributed by atoms with E-state index in [1.54, 1.807) is 24.3 Å². The lowest BCUT2D eigenvalue weighted by atomic mass is 10.1. The molecule has 0 spiro atoms. The van der Waals surface area contributed by atoms with Crippen LogP contribution in [0, 0.1) is 17.0 Å². The highest BCUT2D eigenvalue weighted by molar-refractivity contribution is 7.87. The number of carbonyl (C=O) groups excluding carboxylic acids is 2. The SMILES string of the molecule is Cc1ccc(OS(=O)(=O)C(CN2C(=O)c3ccccc3C2=O)c2ccsc2[N+](=O)[O-])cc1. The zero-order valence-corrected chi connectivity index (χ0v) is 18.3. The standard InChI is InChI=1S/C21H16N2O7S2/c1-13-6-8-14(9-7-13)30-32(28,29)18(17-10-11-31-21(17)23(26)27)12-22-19(24)15-4-2-3-5-16(15)20(22)25/h2-11,18H,12H2,1H3. The molecule has 4 rings (SSSR count). The Balaban J connectivity index is 1.74. The van der Waals surface area contributed by atoms with Crippen LogP contribution in [0.4, 0.5) is 5.00 Å². The molecule has 1 aliphatic rings. The summed E-state index contributed by atoms with van der Waals surface area (Å²) in [4.78, 5) is 37.2. The first kappa shape index (κ1) is 21.7. The Hall–Kier alpha value is -3.57. The second kappa shape index (κ2) is 8.17. The van der Waals surface area contributed by atoms with Crippen molar-refractivity contribution in [1.29, 1.82) is 0 Å². The van der Waals surface area contributed by atoms with Gasteiger partial charge in [-0.15, -0.1) is 0 Å². The Bertz CT molecular complexity index is 1300. The first-order valence-corrected chi connectivity index (χ1v) is 11.7. The molecule has 3 aromatic rings. The summed E-state index contributed by atoms with van der Waals surface area (Å²) in [6.07, 6.45) is 0. The summed E-state index contributed by atoms with van der Waals surface area (Å²) < 4.78 is 31.7. The number of benzene rings is 2. The van der Waals surface area contributed by atoms with Gasteiger partial charge >= 0.3 is 15.1 Å². The van der Waals surface area contributed by atoms with E-state index in [2.05, 4.69) is 0 Å². The zero-order chi connectivity index (χ0) is 23.0. The molecule has 1 aromatic heterocycles. The molecule has 0 radical (unpaired) electrons. The van der Waals surface area contributed by atoms with Gasteiger partial charge in [-0.1, -0.05) is 41.2 Å². The lowest BCUT2D eigenvalue weighted by Gasteiger charge is -2.22. The average Bonchev–Trinajstić information content (AvgIpc) is 3.32. The molecule has 0 fully saturated rings. The van der Waals surface area contributed by atoms with Gasteiger partial charge in [-0.2, -0.15) is 8.42 Å². The van der Waals surface area contributed by atoms with Crippen molar-refractivity contribution in [2.75, 3.05) is 6.54 Å². The molecule has 1 aliphatic heterocycles. The number of thiophene rings is 1. The van der Waals surface area contributed by atoms with Crippen LogP contribution in [0.1, 0.15) is 37.1 Å². The summed E-state index contributed by atoms with van der Waals surface area (Å²) >= 11 is 0.750. The molecular formula is C21H16N2O7S2. The minimum Gasteiger partial charge on any atom is -0.382 e. The fraction of sp³-hybridized carbons (Fsp3) is 0.143. The van der Waals surface area contributed by atoms with Crippen molar-refractivity contribution < 1.29 is 27.1 Å². The van der Waals surface area contributed by atoms with Gasteiger partial charge in [0.05, 0.1) is 28.2 Å². The van der Waals surface area contributed by atoms with Gasteiger partial charge in [0.25, 0.3) is 11.8 Å². The zero-order valence-electron chi connectivity index (χ0n) is 16.6. The van der Waals surface area contributed by atoms with Crippen LogP contribution in [0.2, 0.25) is 0 Å². The van der Waals surface area contributed by atoms with E-state index in [4.69, 9.17) is 4.18 Å². The summed E-state index contributed by atoms with van der Waals surface area (Å²) in [6.45, 7) is 1.19. The number of amides is 2. The van der Waals surface area contributed by atoms with E-state index in [0.29, 0.717) is 0 Å². The van der Waals surface area contributed by atoms with Crippen molar-refractivity contribution in [3.8, 4) is 5.75 Å². The largest absolute Gasteiger partial charge is 0.382 e. The van der Waals surface area contributed by atoms with Crippen molar-refractivity contribution in [1.82, 2.24) is 4.90 Å². The Morgan fingerprint density at radius 2 is 1.62 bits per heavy atom. The second-order valence-corrected chi connectivity index (χ2v) is 9.70. The van der Waals surface area contributed by atoms with Crippen LogP contribution in [-0.4, -0.2) is 36.6 Å². The average molecular weight is 473 g/mol. The number of rotatable bonds is 7. The third-order valence-electron chi connectivity index (χ3n) is 5.00. The fourth-order valence-corrected chi connectivity index (χ4v) is 5.59. The Morgan fingerprint density at radius 1 is 1.03 bits per heavy atom. The van der Waals surface area contributed by atoms with Crippen LogP contribution >= 0.6 is 11.3 Å². The van der Waals surface area contributed by atoms with Gasteiger partial charge in [-0.05, 0) is 42.6 Å². The highest BCUT2D eigenvalue weighted by Crippen LogP contribution is 2.38. The van der Waals surface area contributed by atoms with E-state index in [1.807, 2.05) is 6.92 Å². The van der Waals surface area contributed by atoms with Gasteiger partial charge in [0.15, 0.2) is 0 Å².